The molecule has 3 nitrogen and oxygen atoms in total. The molecular formula is C7H11O3P. The van der Waals surface area contributed by atoms with Crippen molar-refractivity contribution in [3.8, 4) is 12.3 Å². The van der Waals surface area contributed by atoms with Gasteiger partial charge in [0, 0.05) is 13.0 Å². The lowest BCUT2D eigenvalue weighted by molar-refractivity contribution is 0.211. The monoisotopic (exact) mass is 174 g/mol. The Kier molecular flexibility index (Phi) is 2.39. The van der Waals surface area contributed by atoms with Crippen molar-refractivity contribution in [2.24, 2.45) is 5.92 Å². The molecule has 0 aromatic carbocycles. The third-order valence-corrected chi connectivity index (χ3v) is 3.87. The molecular weight excluding hydrogens is 163 g/mol. The Hall–Kier alpha value is -0.290. The molecule has 0 saturated carbocycles. The molecule has 11 heavy (non-hydrogen) atoms. The van der Waals surface area contributed by atoms with Crippen LogP contribution in [0.5, 0.6) is 0 Å². The van der Waals surface area contributed by atoms with Crippen LogP contribution in [0.3, 0.4) is 0 Å². The fourth-order valence-corrected chi connectivity index (χ4v) is 2.91. The Bertz CT molecular complexity index is 230. The van der Waals surface area contributed by atoms with E-state index in [1.165, 1.54) is 7.11 Å². The van der Waals surface area contributed by atoms with E-state index in [2.05, 4.69) is 5.92 Å². The highest BCUT2D eigenvalue weighted by Gasteiger charge is 2.40. The maximum atomic E-state index is 11.4. The SMILES string of the molecule is C#CC1OP(=O)(OC)CC1C. The zero-order chi connectivity index (χ0) is 8.48. The van der Waals surface area contributed by atoms with Gasteiger partial charge in [-0.3, -0.25) is 9.09 Å². The molecule has 3 unspecified atom stereocenters. The molecule has 1 aliphatic heterocycles. The summed E-state index contributed by atoms with van der Waals surface area (Å²) in [4.78, 5) is 0. The molecule has 0 N–H and O–H groups in total. The van der Waals surface area contributed by atoms with Crippen LogP contribution in [0.1, 0.15) is 6.92 Å². The third kappa shape index (κ3) is 1.65. The van der Waals surface area contributed by atoms with Crippen molar-refractivity contribution >= 4 is 7.60 Å². The van der Waals surface area contributed by atoms with Gasteiger partial charge in [0.15, 0.2) is 0 Å². The van der Waals surface area contributed by atoms with Crippen molar-refractivity contribution in [2.45, 2.75) is 13.0 Å². The molecule has 1 rings (SSSR count). The maximum Gasteiger partial charge on any atom is 0.332 e. The van der Waals surface area contributed by atoms with Gasteiger partial charge in [-0.2, -0.15) is 0 Å². The molecule has 0 aromatic rings. The van der Waals surface area contributed by atoms with Gasteiger partial charge < -0.3 is 4.52 Å². The lowest BCUT2D eigenvalue weighted by atomic mass is 10.1. The highest BCUT2D eigenvalue weighted by atomic mass is 31.2. The van der Waals surface area contributed by atoms with Gasteiger partial charge >= 0.3 is 7.60 Å². The van der Waals surface area contributed by atoms with E-state index in [-0.39, 0.29) is 12.0 Å². The fraction of sp³-hybridized carbons (Fsp3) is 0.714. The smallest absolute Gasteiger partial charge is 0.312 e. The Morgan fingerprint density at radius 1 is 1.82 bits per heavy atom. The highest BCUT2D eigenvalue weighted by molar-refractivity contribution is 7.54. The van der Waals surface area contributed by atoms with Gasteiger partial charge in [-0.25, -0.2) is 0 Å². The number of hydrogen-bond acceptors (Lipinski definition) is 3. The van der Waals surface area contributed by atoms with Crippen LogP contribution >= 0.6 is 7.60 Å². The van der Waals surface area contributed by atoms with Crippen LogP contribution in [-0.4, -0.2) is 19.4 Å². The van der Waals surface area contributed by atoms with Crippen LogP contribution in [0.4, 0.5) is 0 Å². The van der Waals surface area contributed by atoms with Crippen molar-refractivity contribution in [1.82, 2.24) is 0 Å². The normalized spacial score (nSPS) is 43.7. The Morgan fingerprint density at radius 2 is 2.45 bits per heavy atom. The minimum atomic E-state index is -2.82. The van der Waals surface area contributed by atoms with E-state index in [0.717, 1.165) is 0 Å². The van der Waals surface area contributed by atoms with E-state index in [1.807, 2.05) is 6.92 Å². The quantitative estimate of drug-likeness (QED) is 0.446. The number of hydrogen-bond donors (Lipinski definition) is 0. The number of rotatable bonds is 1. The lowest BCUT2D eigenvalue weighted by Gasteiger charge is -2.07. The van der Waals surface area contributed by atoms with Crippen LogP contribution in [0.2, 0.25) is 0 Å². The minimum Gasteiger partial charge on any atom is -0.312 e. The minimum absolute atomic E-state index is 0.130. The first-order valence-corrected chi connectivity index (χ1v) is 5.13. The van der Waals surface area contributed by atoms with Crippen molar-refractivity contribution in [3.05, 3.63) is 0 Å². The topological polar surface area (TPSA) is 35.5 Å². The molecule has 3 atom stereocenters. The van der Waals surface area contributed by atoms with Crippen LogP contribution in [-0.2, 0) is 13.6 Å². The molecule has 1 aliphatic rings. The standard InChI is InChI=1S/C7H11O3P/c1-4-7-6(2)5-11(8,9-3)10-7/h1,6-7H,5H2,2-3H3. The summed E-state index contributed by atoms with van der Waals surface area (Å²) in [5.74, 6) is 2.56. The molecule has 1 heterocycles. The predicted molar refractivity (Wildman–Crippen MR) is 42.4 cm³/mol. The zero-order valence-electron chi connectivity index (χ0n) is 6.61. The molecule has 0 aliphatic carbocycles. The maximum absolute atomic E-state index is 11.4. The first kappa shape index (κ1) is 8.80. The molecule has 0 aromatic heterocycles. The molecule has 62 valence electrons. The largest absolute Gasteiger partial charge is 0.332 e. The first-order chi connectivity index (χ1) is 5.11. The molecule has 4 heteroatoms. The fourth-order valence-electron chi connectivity index (χ4n) is 1.08. The molecule has 0 amide bonds. The van der Waals surface area contributed by atoms with Gasteiger partial charge in [0.2, 0.25) is 0 Å². The number of terminal acetylenes is 1. The van der Waals surface area contributed by atoms with Crippen LogP contribution < -0.4 is 0 Å². The van der Waals surface area contributed by atoms with E-state index < -0.39 is 7.60 Å². The van der Waals surface area contributed by atoms with Crippen molar-refractivity contribution < 1.29 is 13.6 Å². The summed E-state index contributed by atoms with van der Waals surface area (Å²) in [7, 11) is -1.44. The zero-order valence-corrected chi connectivity index (χ0v) is 7.51. The molecule has 1 fully saturated rings. The van der Waals surface area contributed by atoms with E-state index in [0.29, 0.717) is 6.16 Å². The van der Waals surface area contributed by atoms with E-state index in [4.69, 9.17) is 15.5 Å². The first-order valence-electron chi connectivity index (χ1n) is 3.40. The molecule has 0 bridgehead atoms. The van der Waals surface area contributed by atoms with Gasteiger partial charge in [-0.1, -0.05) is 12.8 Å². The Balaban J connectivity index is 2.72. The molecule has 0 spiro atoms. The van der Waals surface area contributed by atoms with Crippen LogP contribution in [0, 0.1) is 18.3 Å². The van der Waals surface area contributed by atoms with Crippen molar-refractivity contribution in [3.63, 3.8) is 0 Å². The summed E-state index contributed by atoms with van der Waals surface area (Å²) in [5, 5.41) is 0. The Morgan fingerprint density at radius 3 is 2.73 bits per heavy atom. The van der Waals surface area contributed by atoms with E-state index in [1.54, 1.807) is 0 Å². The second kappa shape index (κ2) is 2.98. The third-order valence-electron chi connectivity index (χ3n) is 1.75. The van der Waals surface area contributed by atoms with Gasteiger partial charge in [0.25, 0.3) is 0 Å². The summed E-state index contributed by atoms with van der Waals surface area (Å²) in [5.41, 5.74) is 0. The van der Waals surface area contributed by atoms with Crippen LogP contribution in [0.15, 0.2) is 0 Å². The van der Waals surface area contributed by atoms with Crippen LogP contribution in [0.25, 0.3) is 0 Å². The highest BCUT2D eigenvalue weighted by Crippen LogP contribution is 2.56. The van der Waals surface area contributed by atoms with E-state index >= 15 is 0 Å². The summed E-state index contributed by atoms with van der Waals surface area (Å²) < 4.78 is 21.2. The van der Waals surface area contributed by atoms with Crippen molar-refractivity contribution in [2.75, 3.05) is 13.3 Å². The van der Waals surface area contributed by atoms with Gasteiger partial charge in [0.05, 0.1) is 6.16 Å². The average Bonchev–Trinajstić information content (AvgIpc) is 2.27. The Labute approximate surface area is 66.6 Å². The summed E-state index contributed by atoms with van der Waals surface area (Å²) >= 11 is 0. The lowest BCUT2D eigenvalue weighted by Crippen LogP contribution is -2.10. The summed E-state index contributed by atoms with van der Waals surface area (Å²) in [6.45, 7) is 1.91. The van der Waals surface area contributed by atoms with Gasteiger partial charge in [-0.05, 0) is 0 Å². The average molecular weight is 174 g/mol. The second-order valence-corrected chi connectivity index (χ2v) is 4.81. The van der Waals surface area contributed by atoms with Gasteiger partial charge in [0.1, 0.15) is 6.10 Å². The van der Waals surface area contributed by atoms with Crippen molar-refractivity contribution in [1.29, 1.82) is 0 Å². The second-order valence-electron chi connectivity index (χ2n) is 2.65. The summed E-state index contributed by atoms with van der Waals surface area (Å²) in [6, 6.07) is 0. The molecule has 0 radical (unpaired) electrons. The summed E-state index contributed by atoms with van der Waals surface area (Å²) in [6.07, 6.45) is 5.23. The van der Waals surface area contributed by atoms with Gasteiger partial charge in [-0.15, -0.1) is 6.42 Å². The van der Waals surface area contributed by atoms with E-state index in [9.17, 15) is 4.57 Å². The predicted octanol–water partition coefficient (Wildman–Crippen LogP) is 1.49. The molecule has 1 saturated heterocycles.